The first-order valence-corrected chi connectivity index (χ1v) is 6.30. The summed E-state index contributed by atoms with van der Waals surface area (Å²) in [5.41, 5.74) is 5.50. The molecule has 1 aliphatic carbocycles. The van der Waals surface area contributed by atoms with Crippen LogP contribution in [0.4, 0.5) is 0 Å². The summed E-state index contributed by atoms with van der Waals surface area (Å²) in [5, 5.41) is 11.5. The lowest BCUT2D eigenvalue weighted by molar-refractivity contribution is 0.166. The Bertz CT molecular complexity index is 224. The van der Waals surface area contributed by atoms with Gasteiger partial charge in [0.25, 0.3) is 0 Å². The van der Waals surface area contributed by atoms with Gasteiger partial charge in [0.15, 0.2) is 0 Å². The Kier molecular flexibility index (Phi) is 5.60. The average Bonchev–Trinajstić information content (AvgIpc) is 2.18. The normalized spacial score (nSPS) is 18.1. The highest BCUT2D eigenvalue weighted by Crippen LogP contribution is 2.27. The van der Waals surface area contributed by atoms with E-state index in [1.165, 1.54) is 25.8 Å². The SMILES string of the molecule is CC(C)CN(CCC(N)=NO)CC1CCC1. The van der Waals surface area contributed by atoms with E-state index in [1.807, 2.05) is 0 Å². The minimum absolute atomic E-state index is 0.336. The highest BCUT2D eigenvalue weighted by atomic mass is 16.4. The average molecular weight is 227 g/mol. The van der Waals surface area contributed by atoms with Crippen LogP contribution in [-0.4, -0.2) is 35.6 Å². The molecule has 0 amide bonds. The maximum absolute atomic E-state index is 8.51. The van der Waals surface area contributed by atoms with Gasteiger partial charge in [0.2, 0.25) is 0 Å². The Morgan fingerprint density at radius 2 is 2.19 bits per heavy atom. The van der Waals surface area contributed by atoms with Crippen LogP contribution in [0, 0.1) is 11.8 Å². The molecule has 0 aromatic carbocycles. The zero-order valence-electron chi connectivity index (χ0n) is 10.5. The molecule has 0 radical (unpaired) electrons. The topological polar surface area (TPSA) is 61.8 Å². The molecule has 0 spiro atoms. The lowest BCUT2D eigenvalue weighted by atomic mass is 9.85. The van der Waals surface area contributed by atoms with Crippen LogP contribution >= 0.6 is 0 Å². The molecule has 0 heterocycles. The van der Waals surface area contributed by atoms with Crippen molar-refractivity contribution in [1.82, 2.24) is 4.90 Å². The second-order valence-electron chi connectivity index (χ2n) is 5.29. The van der Waals surface area contributed by atoms with Crippen molar-refractivity contribution < 1.29 is 5.21 Å². The molecule has 0 bridgehead atoms. The van der Waals surface area contributed by atoms with Crippen LogP contribution in [0.3, 0.4) is 0 Å². The molecule has 1 fully saturated rings. The van der Waals surface area contributed by atoms with Gasteiger partial charge in [-0.05, 0) is 24.7 Å². The Morgan fingerprint density at radius 1 is 1.50 bits per heavy atom. The van der Waals surface area contributed by atoms with Gasteiger partial charge in [0.1, 0.15) is 5.84 Å². The van der Waals surface area contributed by atoms with Gasteiger partial charge in [0.05, 0.1) is 0 Å². The molecule has 0 unspecified atom stereocenters. The summed E-state index contributed by atoms with van der Waals surface area (Å²) < 4.78 is 0. The van der Waals surface area contributed by atoms with Crippen molar-refractivity contribution in [1.29, 1.82) is 0 Å². The molecule has 0 atom stereocenters. The number of oxime groups is 1. The van der Waals surface area contributed by atoms with Crippen molar-refractivity contribution in [3.63, 3.8) is 0 Å². The van der Waals surface area contributed by atoms with Gasteiger partial charge in [-0.3, -0.25) is 0 Å². The Labute approximate surface area is 98.5 Å². The van der Waals surface area contributed by atoms with E-state index in [1.54, 1.807) is 0 Å². The van der Waals surface area contributed by atoms with Crippen LogP contribution in [0.15, 0.2) is 5.16 Å². The summed E-state index contributed by atoms with van der Waals surface area (Å²) in [7, 11) is 0. The number of hydrogen-bond acceptors (Lipinski definition) is 3. The predicted octanol–water partition coefficient (Wildman–Crippen LogP) is 1.88. The third kappa shape index (κ3) is 4.84. The van der Waals surface area contributed by atoms with E-state index in [-0.39, 0.29) is 0 Å². The van der Waals surface area contributed by atoms with Crippen molar-refractivity contribution in [3.8, 4) is 0 Å². The molecule has 1 rings (SSSR count). The molecule has 16 heavy (non-hydrogen) atoms. The smallest absolute Gasteiger partial charge is 0.140 e. The van der Waals surface area contributed by atoms with Crippen LogP contribution < -0.4 is 5.73 Å². The van der Waals surface area contributed by atoms with Gasteiger partial charge in [-0.25, -0.2) is 0 Å². The molecule has 0 saturated heterocycles. The van der Waals surface area contributed by atoms with E-state index >= 15 is 0 Å². The fourth-order valence-corrected chi connectivity index (χ4v) is 2.14. The molecule has 3 N–H and O–H groups in total. The maximum atomic E-state index is 8.51. The van der Waals surface area contributed by atoms with Crippen LogP contribution in [0.2, 0.25) is 0 Å². The summed E-state index contributed by atoms with van der Waals surface area (Å²) in [6.07, 6.45) is 4.80. The third-order valence-corrected chi connectivity index (χ3v) is 3.18. The van der Waals surface area contributed by atoms with E-state index in [2.05, 4.69) is 23.9 Å². The van der Waals surface area contributed by atoms with E-state index in [0.717, 1.165) is 19.0 Å². The highest BCUT2D eigenvalue weighted by molar-refractivity contribution is 5.79. The van der Waals surface area contributed by atoms with E-state index < -0.39 is 0 Å². The first-order chi connectivity index (χ1) is 7.61. The van der Waals surface area contributed by atoms with Crippen molar-refractivity contribution in [2.24, 2.45) is 22.7 Å². The summed E-state index contributed by atoms with van der Waals surface area (Å²) in [5.74, 6) is 1.89. The van der Waals surface area contributed by atoms with Crippen LogP contribution in [0.5, 0.6) is 0 Å². The first-order valence-electron chi connectivity index (χ1n) is 6.30. The Balaban J connectivity index is 2.30. The van der Waals surface area contributed by atoms with Gasteiger partial charge in [0, 0.05) is 26.1 Å². The van der Waals surface area contributed by atoms with E-state index in [4.69, 9.17) is 10.9 Å². The number of nitrogens with two attached hydrogens (primary N) is 1. The summed E-state index contributed by atoms with van der Waals surface area (Å²) >= 11 is 0. The fourth-order valence-electron chi connectivity index (χ4n) is 2.14. The lowest BCUT2D eigenvalue weighted by Crippen LogP contribution is -2.37. The van der Waals surface area contributed by atoms with Crippen LogP contribution in [0.25, 0.3) is 0 Å². The minimum Gasteiger partial charge on any atom is -0.409 e. The lowest BCUT2D eigenvalue weighted by Gasteiger charge is -2.33. The van der Waals surface area contributed by atoms with Gasteiger partial charge in [-0.15, -0.1) is 0 Å². The first kappa shape index (κ1) is 13.3. The standard InChI is InChI=1S/C12H25N3O/c1-10(2)8-15(7-6-12(13)14-16)9-11-4-3-5-11/h10-11,16H,3-9H2,1-2H3,(H2,13,14). The minimum atomic E-state index is 0.336. The quantitative estimate of drug-likeness (QED) is 0.302. The number of hydrogen-bond donors (Lipinski definition) is 2. The molecule has 4 nitrogen and oxygen atoms in total. The summed E-state index contributed by atoms with van der Waals surface area (Å²) in [6, 6.07) is 0. The second kappa shape index (κ2) is 6.74. The predicted molar refractivity (Wildman–Crippen MR) is 66.6 cm³/mol. The van der Waals surface area contributed by atoms with Crippen molar-refractivity contribution in [2.75, 3.05) is 19.6 Å². The second-order valence-corrected chi connectivity index (χ2v) is 5.29. The zero-order valence-corrected chi connectivity index (χ0v) is 10.5. The molecule has 1 saturated carbocycles. The molecule has 0 aliphatic heterocycles. The molecule has 1 aliphatic rings. The molecule has 0 aromatic rings. The van der Waals surface area contributed by atoms with Crippen molar-refractivity contribution in [2.45, 2.75) is 39.5 Å². The van der Waals surface area contributed by atoms with E-state index in [9.17, 15) is 0 Å². The van der Waals surface area contributed by atoms with Crippen molar-refractivity contribution >= 4 is 5.84 Å². The zero-order chi connectivity index (χ0) is 12.0. The van der Waals surface area contributed by atoms with Gasteiger partial charge in [-0.2, -0.15) is 0 Å². The molecular weight excluding hydrogens is 202 g/mol. The summed E-state index contributed by atoms with van der Waals surface area (Å²) in [4.78, 5) is 2.45. The monoisotopic (exact) mass is 227 g/mol. The Hall–Kier alpha value is -0.770. The number of rotatable bonds is 7. The van der Waals surface area contributed by atoms with Crippen LogP contribution in [0.1, 0.15) is 39.5 Å². The van der Waals surface area contributed by atoms with Gasteiger partial charge < -0.3 is 15.8 Å². The molecule has 4 heteroatoms. The Morgan fingerprint density at radius 3 is 2.62 bits per heavy atom. The van der Waals surface area contributed by atoms with Gasteiger partial charge >= 0.3 is 0 Å². The van der Waals surface area contributed by atoms with Crippen molar-refractivity contribution in [3.05, 3.63) is 0 Å². The number of amidine groups is 1. The van der Waals surface area contributed by atoms with Gasteiger partial charge in [-0.1, -0.05) is 25.4 Å². The fraction of sp³-hybridized carbons (Fsp3) is 0.917. The molecule has 0 aromatic heterocycles. The highest BCUT2D eigenvalue weighted by Gasteiger charge is 2.21. The molecular formula is C12H25N3O. The van der Waals surface area contributed by atoms with E-state index in [0.29, 0.717) is 18.2 Å². The third-order valence-electron chi connectivity index (χ3n) is 3.18. The molecule has 94 valence electrons. The maximum Gasteiger partial charge on any atom is 0.140 e. The number of nitrogens with zero attached hydrogens (tertiary/aromatic N) is 2. The summed E-state index contributed by atoms with van der Waals surface area (Å²) in [6.45, 7) is 7.66. The van der Waals surface area contributed by atoms with Crippen LogP contribution in [-0.2, 0) is 0 Å². The largest absolute Gasteiger partial charge is 0.409 e.